The van der Waals surface area contributed by atoms with Crippen molar-refractivity contribution in [2.24, 2.45) is 0 Å². The molecule has 0 atom stereocenters. The lowest BCUT2D eigenvalue weighted by Crippen LogP contribution is -2.10. The monoisotopic (exact) mass is 458 g/mol. The van der Waals surface area contributed by atoms with E-state index in [-0.39, 0.29) is 23.6 Å². The third-order valence-corrected chi connectivity index (χ3v) is 5.99. The Bertz CT molecular complexity index is 1190. The molecule has 33 heavy (non-hydrogen) atoms. The highest BCUT2D eigenvalue weighted by molar-refractivity contribution is 7.99. The van der Waals surface area contributed by atoms with E-state index in [1.807, 2.05) is 66.7 Å². The molecule has 0 amide bonds. The molecule has 0 radical (unpaired) electrons. The molecule has 0 spiro atoms. The van der Waals surface area contributed by atoms with Crippen molar-refractivity contribution in [1.82, 2.24) is 10.2 Å². The number of hydrogen-bond acceptors (Lipinski definition) is 6. The Morgan fingerprint density at radius 3 is 2.21 bits per heavy atom. The number of ketones is 1. The Morgan fingerprint density at radius 1 is 0.879 bits per heavy atom. The lowest BCUT2D eigenvalue weighted by molar-refractivity contribution is 0.102. The molecular formula is C27H26N2O3S. The first-order valence-electron chi connectivity index (χ1n) is 10.8. The molecule has 0 aliphatic rings. The number of Topliss-reactive ketones (excluding diaryl/α,β-unsaturated/α-hetero) is 1. The highest BCUT2D eigenvalue weighted by Crippen LogP contribution is 2.25. The van der Waals surface area contributed by atoms with E-state index in [1.54, 1.807) is 0 Å². The zero-order valence-electron chi connectivity index (χ0n) is 18.9. The highest BCUT2D eigenvalue weighted by Gasteiger charge is 2.14. The maximum absolute atomic E-state index is 12.5. The third-order valence-electron chi connectivity index (χ3n) is 5.17. The van der Waals surface area contributed by atoms with Crippen molar-refractivity contribution >= 4 is 17.5 Å². The molecule has 0 aliphatic carbocycles. The SMILES string of the molecule is CC(C)(C)c1ccc(OCc2nnc(SCC(=O)c3ccc(-c4ccccc4)cc3)o2)cc1. The minimum atomic E-state index is 0.00884. The van der Waals surface area contributed by atoms with E-state index in [9.17, 15) is 4.79 Å². The van der Waals surface area contributed by atoms with E-state index < -0.39 is 0 Å². The second-order valence-electron chi connectivity index (χ2n) is 8.68. The minimum Gasteiger partial charge on any atom is -0.484 e. The van der Waals surface area contributed by atoms with Crippen LogP contribution in [0.15, 0.2) is 88.5 Å². The maximum atomic E-state index is 12.5. The van der Waals surface area contributed by atoms with Gasteiger partial charge in [-0.25, -0.2) is 0 Å². The molecular weight excluding hydrogens is 432 g/mol. The number of thioether (sulfide) groups is 1. The average molecular weight is 459 g/mol. The van der Waals surface area contributed by atoms with Gasteiger partial charge in [0.1, 0.15) is 5.75 Å². The number of aromatic nitrogens is 2. The molecule has 0 saturated carbocycles. The molecule has 4 aromatic rings. The summed E-state index contributed by atoms with van der Waals surface area (Å²) in [6, 6.07) is 25.7. The lowest BCUT2D eigenvalue weighted by atomic mass is 9.87. The molecule has 168 valence electrons. The fourth-order valence-corrected chi connectivity index (χ4v) is 3.92. The van der Waals surface area contributed by atoms with E-state index >= 15 is 0 Å². The van der Waals surface area contributed by atoms with Gasteiger partial charge in [-0.15, -0.1) is 10.2 Å². The van der Waals surface area contributed by atoms with Gasteiger partial charge in [-0.3, -0.25) is 4.79 Å². The van der Waals surface area contributed by atoms with Crippen LogP contribution in [0.3, 0.4) is 0 Å². The molecule has 0 aliphatic heterocycles. The van der Waals surface area contributed by atoms with Crippen molar-refractivity contribution in [1.29, 1.82) is 0 Å². The topological polar surface area (TPSA) is 65.2 Å². The van der Waals surface area contributed by atoms with Gasteiger partial charge in [0.25, 0.3) is 11.1 Å². The van der Waals surface area contributed by atoms with Crippen LogP contribution >= 0.6 is 11.8 Å². The number of carbonyl (C=O) groups is 1. The number of nitrogens with zero attached hydrogens (tertiary/aromatic N) is 2. The average Bonchev–Trinajstić information content (AvgIpc) is 3.29. The quantitative estimate of drug-likeness (QED) is 0.219. The molecule has 3 aromatic carbocycles. The van der Waals surface area contributed by atoms with Gasteiger partial charge in [0.15, 0.2) is 12.4 Å². The molecule has 0 N–H and O–H groups in total. The molecule has 0 unspecified atom stereocenters. The summed E-state index contributed by atoms with van der Waals surface area (Å²) in [7, 11) is 0. The van der Waals surface area contributed by atoms with E-state index in [0.29, 0.717) is 16.7 Å². The van der Waals surface area contributed by atoms with Crippen molar-refractivity contribution in [2.75, 3.05) is 5.75 Å². The zero-order valence-corrected chi connectivity index (χ0v) is 19.8. The van der Waals surface area contributed by atoms with Gasteiger partial charge in [-0.1, -0.05) is 99.3 Å². The zero-order chi connectivity index (χ0) is 23.3. The summed E-state index contributed by atoms with van der Waals surface area (Å²) in [5, 5.41) is 8.37. The first-order valence-corrected chi connectivity index (χ1v) is 11.7. The largest absolute Gasteiger partial charge is 0.484 e. The smallest absolute Gasteiger partial charge is 0.277 e. The Labute approximate surface area is 198 Å². The predicted octanol–water partition coefficient (Wildman–Crippen LogP) is 6.59. The second kappa shape index (κ2) is 10.0. The Hall–Kier alpha value is -3.38. The van der Waals surface area contributed by atoms with Gasteiger partial charge in [0.2, 0.25) is 0 Å². The van der Waals surface area contributed by atoms with Crippen molar-refractivity contribution in [2.45, 2.75) is 38.0 Å². The number of hydrogen-bond donors (Lipinski definition) is 0. The molecule has 6 heteroatoms. The third kappa shape index (κ3) is 6.11. The van der Waals surface area contributed by atoms with Crippen molar-refractivity contribution in [3.63, 3.8) is 0 Å². The molecule has 1 heterocycles. The summed E-state index contributed by atoms with van der Waals surface area (Å²) in [6.07, 6.45) is 0. The maximum Gasteiger partial charge on any atom is 0.277 e. The summed E-state index contributed by atoms with van der Waals surface area (Å²) in [5.41, 5.74) is 4.19. The number of carbonyl (C=O) groups excluding carboxylic acids is 1. The molecule has 4 rings (SSSR count). The van der Waals surface area contributed by atoms with Crippen LogP contribution in [0, 0.1) is 0 Å². The highest BCUT2D eigenvalue weighted by atomic mass is 32.2. The fourth-order valence-electron chi connectivity index (χ4n) is 3.24. The molecule has 0 bridgehead atoms. The van der Waals surface area contributed by atoms with Gasteiger partial charge >= 0.3 is 0 Å². The van der Waals surface area contributed by atoms with Crippen LogP contribution in [0.2, 0.25) is 0 Å². The van der Waals surface area contributed by atoms with Crippen molar-refractivity contribution in [3.05, 3.63) is 95.9 Å². The summed E-state index contributed by atoms with van der Waals surface area (Å²) in [6.45, 7) is 6.69. The second-order valence-corrected chi connectivity index (χ2v) is 9.61. The van der Waals surface area contributed by atoms with Gasteiger partial charge in [0.05, 0.1) is 5.75 Å². The number of rotatable bonds is 8. The van der Waals surface area contributed by atoms with Crippen molar-refractivity contribution in [3.8, 4) is 16.9 Å². The number of benzene rings is 3. The van der Waals surface area contributed by atoms with Crippen LogP contribution in [0.1, 0.15) is 42.6 Å². The molecule has 5 nitrogen and oxygen atoms in total. The minimum absolute atomic E-state index is 0.00884. The van der Waals surface area contributed by atoms with E-state index in [1.165, 1.54) is 17.3 Å². The van der Waals surface area contributed by atoms with E-state index in [4.69, 9.17) is 9.15 Å². The van der Waals surface area contributed by atoms with Crippen LogP contribution in [-0.4, -0.2) is 21.7 Å². The van der Waals surface area contributed by atoms with Gasteiger partial charge < -0.3 is 9.15 Å². The van der Waals surface area contributed by atoms with Gasteiger partial charge in [0, 0.05) is 5.56 Å². The first-order chi connectivity index (χ1) is 15.9. The van der Waals surface area contributed by atoms with Gasteiger partial charge in [-0.05, 0) is 34.2 Å². The first kappa shape index (κ1) is 22.8. The normalized spacial score (nSPS) is 11.4. The van der Waals surface area contributed by atoms with Crippen LogP contribution in [0.25, 0.3) is 11.1 Å². The molecule has 0 fully saturated rings. The Morgan fingerprint density at radius 2 is 1.55 bits per heavy atom. The van der Waals surface area contributed by atoms with Crippen LogP contribution in [0.5, 0.6) is 5.75 Å². The van der Waals surface area contributed by atoms with E-state index in [2.05, 4.69) is 43.1 Å². The van der Waals surface area contributed by atoms with Crippen LogP contribution < -0.4 is 4.74 Å². The van der Waals surface area contributed by atoms with Crippen LogP contribution in [-0.2, 0) is 12.0 Å². The molecule has 0 saturated heterocycles. The summed E-state index contributed by atoms with van der Waals surface area (Å²) < 4.78 is 11.4. The van der Waals surface area contributed by atoms with Gasteiger partial charge in [-0.2, -0.15) is 0 Å². The number of ether oxygens (including phenoxy) is 1. The Kier molecular flexibility index (Phi) is 6.94. The lowest BCUT2D eigenvalue weighted by Gasteiger charge is -2.19. The Balaban J connectivity index is 1.27. The molecule has 1 aromatic heterocycles. The van der Waals surface area contributed by atoms with Crippen molar-refractivity contribution < 1.29 is 13.9 Å². The summed E-state index contributed by atoms with van der Waals surface area (Å²) in [4.78, 5) is 12.5. The predicted molar refractivity (Wildman–Crippen MR) is 131 cm³/mol. The fraction of sp³-hybridized carbons (Fsp3) is 0.222. The summed E-state index contributed by atoms with van der Waals surface area (Å²) in [5.74, 6) is 1.35. The van der Waals surface area contributed by atoms with Crippen LogP contribution in [0.4, 0.5) is 0 Å². The van der Waals surface area contributed by atoms with E-state index in [0.717, 1.165) is 16.9 Å². The standard InChI is InChI=1S/C27H26N2O3S/c1-27(2,3)22-13-15-23(16-14-22)31-17-25-28-29-26(32-25)33-18-24(30)21-11-9-20(10-12-21)19-7-5-4-6-8-19/h4-16H,17-18H2,1-3H3. The summed E-state index contributed by atoms with van der Waals surface area (Å²) >= 11 is 1.23.